The lowest BCUT2D eigenvalue weighted by Gasteiger charge is -2.26. The first-order valence-corrected chi connectivity index (χ1v) is 13.5. The first-order chi connectivity index (χ1) is 16.5. The summed E-state index contributed by atoms with van der Waals surface area (Å²) in [4.78, 5) is 18.4. The van der Waals surface area contributed by atoms with Gasteiger partial charge in [0.05, 0.1) is 17.2 Å². The highest BCUT2D eigenvalue weighted by Crippen LogP contribution is 2.31. The zero-order valence-electron chi connectivity index (χ0n) is 18.9. The summed E-state index contributed by atoms with van der Waals surface area (Å²) >= 11 is 1.51. The molecule has 1 amide bonds. The normalized spacial score (nSPS) is 14.5. The summed E-state index contributed by atoms with van der Waals surface area (Å²) in [5, 5.41) is 3.70. The number of carbonyl (C=O) groups is 1. The smallest absolute Gasteiger partial charge is 0.255 e. The molecule has 0 saturated carbocycles. The Kier molecular flexibility index (Phi) is 7.87. The van der Waals surface area contributed by atoms with E-state index in [1.807, 2.05) is 37.3 Å². The molecule has 0 radical (unpaired) electrons. The van der Waals surface area contributed by atoms with Crippen molar-refractivity contribution >= 4 is 33.4 Å². The summed E-state index contributed by atoms with van der Waals surface area (Å²) in [7, 11) is -3.63. The fourth-order valence-electron chi connectivity index (χ4n) is 3.70. The number of anilines is 1. The quantitative estimate of drug-likeness (QED) is 0.468. The monoisotopic (exact) mass is 497 g/mol. The predicted molar refractivity (Wildman–Crippen MR) is 133 cm³/mol. The molecule has 0 unspecified atom stereocenters. The number of carbonyl (C=O) groups excluding carboxylic acids is 1. The average Bonchev–Trinajstić information content (AvgIpc) is 2.86. The summed E-state index contributed by atoms with van der Waals surface area (Å²) in [6, 6.07) is 17.5. The van der Waals surface area contributed by atoms with Crippen LogP contribution in [0, 0.1) is 0 Å². The Balaban J connectivity index is 1.53. The second-order valence-electron chi connectivity index (χ2n) is 7.80. The molecule has 4 rings (SSSR count). The van der Waals surface area contributed by atoms with E-state index in [1.54, 1.807) is 24.4 Å². The van der Waals surface area contributed by atoms with Crippen molar-refractivity contribution in [3.63, 3.8) is 0 Å². The molecule has 0 spiro atoms. The zero-order valence-corrected chi connectivity index (χ0v) is 20.6. The largest absolute Gasteiger partial charge is 0.492 e. The second-order valence-corrected chi connectivity index (χ2v) is 10.8. The zero-order chi connectivity index (χ0) is 24.0. The minimum Gasteiger partial charge on any atom is -0.492 e. The van der Waals surface area contributed by atoms with Gasteiger partial charge in [-0.1, -0.05) is 24.2 Å². The van der Waals surface area contributed by atoms with Gasteiger partial charge in [0.15, 0.2) is 0 Å². The molecule has 3 aromatic rings. The standard InChI is InChI=1S/C25H27N3O4S2/c1-2-32-23-14-13-21(34(30,31)28-16-6-3-7-17-28)18-22(23)27-25(29)19-9-11-20(12-10-19)33-24-8-4-5-15-26-24/h4-5,8-15,18H,2-3,6-7,16-17H2,1H3,(H,27,29). The van der Waals surface area contributed by atoms with E-state index in [0.717, 1.165) is 29.2 Å². The Hall–Kier alpha value is -2.88. The first kappa shape index (κ1) is 24.3. The van der Waals surface area contributed by atoms with Crippen molar-refractivity contribution in [2.45, 2.75) is 41.0 Å². The SMILES string of the molecule is CCOc1ccc(S(=O)(=O)N2CCCCC2)cc1NC(=O)c1ccc(Sc2ccccn2)cc1. The molecule has 34 heavy (non-hydrogen) atoms. The van der Waals surface area contributed by atoms with Crippen LogP contribution in [-0.4, -0.2) is 43.3 Å². The summed E-state index contributed by atoms with van der Waals surface area (Å²) in [5.41, 5.74) is 0.786. The Bertz CT molecular complexity index is 1230. The molecule has 2 heterocycles. The maximum absolute atomic E-state index is 13.1. The van der Waals surface area contributed by atoms with E-state index in [4.69, 9.17) is 4.74 Å². The minimum atomic E-state index is -3.63. The lowest BCUT2D eigenvalue weighted by molar-refractivity contribution is 0.102. The van der Waals surface area contributed by atoms with Gasteiger partial charge < -0.3 is 10.1 Å². The third kappa shape index (κ3) is 5.78. The van der Waals surface area contributed by atoms with Crippen LogP contribution < -0.4 is 10.1 Å². The van der Waals surface area contributed by atoms with Crippen LogP contribution in [0.25, 0.3) is 0 Å². The van der Waals surface area contributed by atoms with Crippen LogP contribution in [0.4, 0.5) is 5.69 Å². The van der Waals surface area contributed by atoms with Gasteiger partial charge in [-0.15, -0.1) is 0 Å². The lowest BCUT2D eigenvalue weighted by atomic mass is 10.2. The van der Waals surface area contributed by atoms with Crippen molar-refractivity contribution in [3.05, 3.63) is 72.4 Å². The molecule has 1 aliphatic heterocycles. The molecule has 1 saturated heterocycles. The van der Waals surface area contributed by atoms with Crippen molar-refractivity contribution in [1.29, 1.82) is 0 Å². The van der Waals surface area contributed by atoms with Gasteiger partial charge >= 0.3 is 0 Å². The van der Waals surface area contributed by atoms with Crippen LogP contribution in [0.3, 0.4) is 0 Å². The fourth-order valence-corrected chi connectivity index (χ4v) is 6.02. The van der Waals surface area contributed by atoms with Crippen molar-refractivity contribution in [1.82, 2.24) is 9.29 Å². The van der Waals surface area contributed by atoms with Gasteiger partial charge in [0, 0.05) is 29.7 Å². The van der Waals surface area contributed by atoms with Gasteiger partial charge in [-0.05, 0) is 74.4 Å². The topological polar surface area (TPSA) is 88.6 Å². The molecule has 1 aromatic heterocycles. The molecule has 178 valence electrons. The van der Waals surface area contributed by atoms with Gasteiger partial charge in [-0.2, -0.15) is 4.31 Å². The van der Waals surface area contributed by atoms with Crippen LogP contribution in [0.5, 0.6) is 5.75 Å². The highest BCUT2D eigenvalue weighted by molar-refractivity contribution is 7.99. The average molecular weight is 498 g/mol. The molecule has 0 bridgehead atoms. The molecule has 2 aromatic carbocycles. The lowest BCUT2D eigenvalue weighted by Crippen LogP contribution is -2.35. The Labute approximate surface area is 204 Å². The van der Waals surface area contributed by atoms with E-state index < -0.39 is 10.0 Å². The third-order valence-corrected chi connectivity index (χ3v) is 8.28. The van der Waals surface area contributed by atoms with Crippen LogP contribution in [0.2, 0.25) is 0 Å². The molecule has 1 aliphatic rings. The maximum atomic E-state index is 13.1. The summed E-state index contributed by atoms with van der Waals surface area (Å²) < 4.78 is 33.4. The number of aromatic nitrogens is 1. The Morgan fingerprint density at radius 3 is 2.50 bits per heavy atom. The summed E-state index contributed by atoms with van der Waals surface area (Å²) in [6.07, 6.45) is 4.48. The Morgan fingerprint density at radius 1 is 1.06 bits per heavy atom. The van der Waals surface area contributed by atoms with E-state index in [2.05, 4.69) is 10.3 Å². The van der Waals surface area contributed by atoms with Crippen molar-refractivity contribution in [3.8, 4) is 5.75 Å². The number of sulfonamides is 1. The number of pyridine rings is 1. The Morgan fingerprint density at radius 2 is 1.82 bits per heavy atom. The van der Waals surface area contributed by atoms with E-state index in [0.29, 0.717) is 36.7 Å². The number of hydrogen-bond donors (Lipinski definition) is 1. The molecular weight excluding hydrogens is 470 g/mol. The highest BCUT2D eigenvalue weighted by atomic mass is 32.2. The molecule has 0 aliphatic carbocycles. The second kappa shape index (κ2) is 11.0. The van der Waals surface area contributed by atoms with Crippen molar-refractivity contribution in [2.75, 3.05) is 25.0 Å². The fraction of sp³-hybridized carbons (Fsp3) is 0.280. The van der Waals surface area contributed by atoms with Crippen molar-refractivity contribution in [2.24, 2.45) is 0 Å². The maximum Gasteiger partial charge on any atom is 0.255 e. The van der Waals surface area contributed by atoms with E-state index in [9.17, 15) is 13.2 Å². The summed E-state index contributed by atoms with van der Waals surface area (Å²) in [5.74, 6) is 0.0821. The van der Waals surface area contributed by atoms with Crippen LogP contribution in [0.1, 0.15) is 36.5 Å². The minimum absolute atomic E-state index is 0.148. The number of rotatable bonds is 8. The van der Waals surface area contributed by atoms with Crippen molar-refractivity contribution < 1.29 is 17.9 Å². The first-order valence-electron chi connectivity index (χ1n) is 11.2. The third-order valence-electron chi connectivity index (χ3n) is 5.43. The molecule has 1 N–H and O–H groups in total. The van der Waals surface area contributed by atoms with Gasteiger partial charge in [0.2, 0.25) is 10.0 Å². The van der Waals surface area contributed by atoms with Crippen LogP contribution in [0.15, 0.2) is 81.7 Å². The molecular formula is C25H27N3O4S2. The van der Waals surface area contributed by atoms with E-state index in [1.165, 1.54) is 28.2 Å². The van der Waals surface area contributed by atoms with Gasteiger partial charge in [0.25, 0.3) is 5.91 Å². The number of hydrogen-bond acceptors (Lipinski definition) is 6. The number of ether oxygens (including phenoxy) is 1. The number of amides is 1. The van der Waals surface area contributed by atoms with Crippen LogP contribution in [-0.2, 0) is 10.0 Å². The molecule has 7 nitrogen and oxygen atoms in total. The molecule has 9 heteroatoms. The number of benzene rings is 2. The number of piperidine rings is 1. The van der Waals surface area contributed by atoms with E-state index in [-0.39, 0.29) is 10.8 Å². The number of nitrogens with one attached hydrogen (secondary N) is 1. The summed E-state index contributed by atoms with van der Waals surface area (Å²) in [6.45, 7) is 3.25. The van der Waals surface area contributed by atoms with E-state index >= 15 is 0 Å². The molecule has 1 fully saturated rings. The van der Waals surface area contributed by atoms with Gasteiger partial charge in [0.1, 0.15) is 10.8 Å². The predicted octanol–water partition coefficient (Wildman–Crippen LogP) is 5.06. The number of nitrogens with zero attached hydrogens (tertiary/aromatic N) is 2. The van der Waals surface area contributed by atoms with Gasteiger partial charge in [-0.25, -0.2) is 13.4 Å². The molecule has 0 atom stereocenters. The highest BCUT2D eigenvalue weighted by Gasteiger charge is 2.27. The van der Waals surface area contributed by atoms with Gasteiger partial charge in [-0.3, -0.25) is 4.79 Å². The van der Waals surface area contributed by atoms with Crippen LogP contribution >= 0.6 is 11.8 Å².